The molecule has 0 aliphatic carbocycles. The smallest absolute Gasteiger partial charge is 0.343 e. The van der Waals surface area contributed by atoms with Gasteiger partial charge in [-0.1, -0.05) is 0 Å². The van der Waals surface area contributed by atoms with Crippen LogP contribution in [0.3, 0.4) is 0 Å². The average Bonchev–Trinajstić information content (AvgIpc) is 2.58. The highest BCUT2D eigenvalue weighted by molar-refractivity contribution is 6.18. The molecule has 0 fully saturated rings. The van der Waals surface area contributed by atoms with Gasteiger partial charge in [0, 0.05) is 23.7 Å². The molecular formula is C19H25N4O3+. The molecule has 2 aromatic heterocycles. The van der Waals surface area contributed by atoms with Crippen LogP contribution < -0.4 is 5.32 Å². The SMILES string of the molecule is CC(C)(C)OCC(=N)C(=C[NH2+]CCc1ccc2cccnc2n1)C(=O)O. The van der Waals surface area contributed by atoms with E-state index in [1.165, 1.54) is 6.20 Å². The molecule has 0 unspecified atom stereocenters. The Morgan fingerprint density at radius 1 is 1.35 bits per heavy atom. The first-order chi connectivity index (χ1) is 12.3. The maximum absolute atomic E-state index is 11.4. The molecular weight excluding hydrogens is 332 g/mol. The lowest BCUT2D eigenvalue weighted by molar-refractivity contribution is -0.587. The lowest BCUT2D eigenvalue weighted by Gasteiger charge is -2.19. The number of aliphatic carboxylic acids is 1. The molecule has 7 heteroatoms. The lowest BCUT2D eigenvalue weighted by Crippen LogP contribution is -2.79. The van der Waals surface area contributed by atoms with E-state index in [0.29, 0.717) is 18.6 Å². The largest absolute Gasteiger partial charge is 0.477 e. The number of nitrogens with one attached hydrogen (secondary N) is 1. The van der Waals surface area contributed by atoms with Gasteiger partial charge in [0.05, 0.1) is 24.5 Å². The monoisotopic (exact) mass is 357 g/mol. The second-order valence-corrected chi connectivity index (χ2v) is 6.89. The van der Waals surface area contributed by atoms with Crippen LogP contribution >= 0.6 is 0 Å². The molecule has 0 saturated carbocycles. The highest BCUT2D eigenvalue weighted by Crippen LogP contribution is 2.09. The Bertz CT molecular complexity index is 825. The fourth-order valence-corrected chi connectivity index (χ4v) is 2.23. The first-order valence-electron chi connectivity index (χ1n) is 8.45. The number of carbonyl (C=O) groups is 1. The van der Waals surface area contributed by atoms with Crippen molar-refractivity contribution in [1.29, 1.82) is 5.41 Å². The van der Waals surface area contributed by atoms with Crippen LogP contribution in [0.15, 0.2) is 42.2 Å². The number of nitrogens with zero attached hydrogens (tertiary/aromatic N) is 2. The van der Waals surface area contributed by atoms with E-state index in [0.717, 1.165) is 11.1 Å². The molecule has 2 heterocycles. The summed E-state index contributed by atoms with van der Waals surface area (Å²) in [4.78, 5) is 20.1. The molecule has 0 aliphatic rings. The minimum atomic E-state index is -1.13. The molecule has 2 rings (SSSR count). The summed E-state index contributed by atoms with van der Waals surface area (Å²) >= 11 is 0. The van der Waals surface area contributed by atoms with Crippen molar-refractivity contribution in [1.82, 2.24) is 9.97 Å². The van der Waals surface area contributed by atoms with Gasteiger partial charge < -0.3 is 20.6 Å². The molecule has 7 nitrogen and oxygen atoms in total. The van der Waals surface area contributed by atoms with Crippen molar-refractivity contribution in [2.75, 3.05) is 13.2 Å². The normalized spacial score (nSPS) is 12.3. The van der Waals surface area contributed by atoms with Crippen LogP contribution in [0.2, 0.25) is 0 Å². The van der Waals surface area contributed by atoms with Crippen molar-refractivity contribution in [3.8, 4) is 0 Å². The molecule has 138 valence electrons. The van der Waals surface area contributed by atoms with E-state index >= 15 is 0 Å². The van der Waals surface area contributed by atoms with E-state index in [-0.39, 0.29) is 17.9 Å². The van der Waals surface area contributed by atoms with Gasteiger partial charge in [0.1, 0.15) is 11.8 Å². The first-order valence-corrected chi connectivity index (χ1v) is 8.45. The Balaban J connectivity index is 1.92. The highest BCUT2D eigenvalue weighted by atomic mass is 16.5. The van der Waals surface area contributed by atoms with Crippen LogP contribution in [0.5, 0.6) is 0 Å². The zero-order valence-electron chi connectivity index (χ0n) is 15.3. The van der Waals surface area contributed by atoms with Crippen molar-refractivity contribution in [2.45, 2.75) is 32.8 Å². The van der Waals surface area contributed by atoms with Crippen molar-refractivity contribution >= 4 is 22.7 Å². The fraction of sp³-hybridized carbons (Fsp3) is 0.368. The Morgan fingerprint density at radius 2 is 2.12 bits per heavy atom. The van der Waals surface area contributed by atoms with Crippen LogP contribution in [-0.4, -0.2) is 45.5 Å². The summed E-state index contributed by atoms with van der Waals surface area (Å²) in [5.74, 6) is -1.13. The zero-order chi connectivity index (χ0) is 19.2. The number of carboxylic acids is 1. The predicted octanol–water partition coefficient (Wildman–Crippen LogP) is 1.54. The second kappa shape index (κ2) is 8.64. The van der Waals surface area contributed by atoms with Gasteiger partial charge in [-0.2, -0.15) is 0 Å². The van der Waals surface area contributed by atoms with Crippen LogP contribution in [0.4, 0.5) is 0 Å². The van der Waals surface area contributed by atoms with Gasteiger partial charge in [0.15, 0.2) is 5.65 Å². The minimum absolute atomic E-state index is 0.0344. The molecule has 2 aromatic rings. The zero-order valence-corrected chi connectivity index (χ0v) is 15.3. The van der Waals surface area contributed by atoms with Crippen molar-refractivity contribution < 1.29 is 20.0 Å². The van der Waals surface area contributed by atoms with Gasteiger partial charge in [-0.05, 0) is 45.0 Å². The number of aromatic nitrogens is 2. The summed E-state index contributed by atoms with van der Waals surface area (Å²) in [6.45, 7) is 6.18. The molecule has 0 aliphatic heterocycles. The number of pyridine rings is 2. The molecule has 26 heavy (non-hydrogen) atoms. The minimum Gasteiger partial charge on any atom is -0.477 e. The Hall–Kier alpha value is -2.64. The quantitative estimate of drug-likeness (QED) is 0.377. The summed E-state index contributed by atoms with van der Waals surface area (Å²) in [6.07, 6.45) is 3.84. The number of hydrogen-bond acceptors (Lipinski definition) is 5. The first kappa shape index (κ1) is 19.7. The number of rotatable bonds is 8. The maximum atomic E-state index is 11.4. The molecule has 0 atom stereocenters. The number of nitrogens with two attached hydrogens (primary N) is 1. The summed E-state index contributed by atoms with van der Waals surface area (Å²) in [5.41, 5.74) is 1.07. The van der Waals surface area contributed by atoms with E-state index < -0.39 is 11.6 Å². The average molecular weight is 357 g/mol. The van der Waals surface area contributed by atoms with Gasteiger partial charge in [-0.15, -0.1) is 0 Å². The Kier molecular flexibility index (Phi) is 6.54. The third-order valence-electron chi connectivity index (χ3n) is 3.58. The van der Waals surface area contributed by atoms with Crippen molar-refractivity contribution in [3.63, 3.8) is 0 Å². The molecule has 0 saturated heterocycles. The molecule has 0 bridgehead atoms. The van der Waals surface area contributed by atoms with Crippen LogP contribution in [0, 0.1) is 5.41 Å². The third-order valence-corrected chi connectivity index (χ3v) is 3.58. The number of fused-ring (bicyclic) bond motifs is 1. The molecule has 0 radical (unpaired) electrons. The van der Waals surface area contributed by atoms with Gasteiger partial charge >= 0.3 is 5.97 Å². The standard InChI is InChI=1S/C19H24N4O3/c1-19(2,3)26-12-16(20)15(18(24)25)11-21-10-8-14-7-6-13-5-4-9-22-17(13)23-14/h4-7,9,11,20-21H,8,10,12H2,1-3H3,(H,24,25)/p+1. The number of carboxylic acid groups (broad SMARTS) is 1. The van der Waals surface area contributed by atoms with E-state index in [4.69, 9.17) is 10.1 Å². The molecule has 4 N–H and O–H groups in total. The van der Waals surface area contributed by atoms with E-state index in [9.17, 15) is 9.90 Å². The molecule has 0 amide bonds. The number of ether oxygens (including phenoxy) is 1. The lowest BCUT2D eigenvalue weighted by atomic mass is 10.1. The van der Waals surface area contributed by atoms with Crippen molar-refractivity contribution in [2.24, 2.45) is 0 Å². The molecule has 0 spiro atoms. The number of quaternary nitrogens is 1. The Labute approximate surface area is 152 Å². The van der Waals surface area contributed by atoms with E-state index in [1.807, 2.05) is 45.0 Å². The van der Waals surface area contributed by atoms with Gasteiger partial charge in [0.2, 0.25) is 0 Å². The van der Waals surface area contributed by atoms with Crippen LogP contribution in [0.1, 0.15) is 26.5 Å². The predicted molar refractivity (Wildman–Crippen MR) is 99.2 cm³/mol. The second-order valence-electron chi connectivity index (χ2n) is 6.89. The fourth-order valence-electron chi connectivity index (χ4n) is 2.23. The summed E-state index contributed by atoms with van der Waals surface area (Å²) in [7, 11) is 0. The van der Waals surface area contributed by atoms with Crippen LogP contribution in [0.25, 0.3) is 11.0 Å². The van der Waals surface area contributed by atoms with Crippen molar-refractivity contribution in [3.05, 3.63) is 47.9 Å². The van der Waals surface area contributed by atoms with Crippen LogP contribution in [-0.2, 0) is 16.0 Å². The summed E-state index contributed by atoms with van der Waals surface area (Å²) < 4.78 is 5.48. The van der Waals surface area contributed by atoms with Gasteiger partial charge in [0.25, 0.3) is 0 Å². The van der Waals surface area contributed by atoms with Gasteiger partial charge in [-0.25, -0.2) is 14.8 Å². The Morgan fingerprint density at radius 3 is 2.81 bits per heavy atom. The highest BCUT2D eigenvalue weighted by Gasteiger charge is 2.19. The maximum Gasteiger partial charge on any atom is 0.343 e. The van der Waals surface area contributed by atoms with Gasteiger partial charge in [-0.3, -0.25) is 0 Å². The van der Waals surface area contributed by atoms with E-state index in [1.54, 1.807) is 11.5 Å². The summed E-state index contributed by atoms with van der Waals surface area (Å²) in [6, 6.07) is 7.74. The molecule has 0 aromatic carbocycles. The topological polar surface area (TPSA) is 113 Å². The number of hydrogen-bond donors (Lipinski definition) is 3. The third kappa shape index (κ3) is 6.02. The van der Waals surface area contributed by atoms with E-state index in [2.05, 4.69) is 9.97 Å². The summed E-state index contributed by atoms with van der Waals surface area (Å²) in [5, 5.41) is 20.0.